The molecule has 0 saturated carbocycles. The lowest BCUT2D eigenvalue weighted by atomic mass is 9.87. The van der Waals surface area contributed by atoms with Gasteiger partial charge in [-0.2, -0.15) is 0 Å². The van der Waals surface area contributed by atoms with E-state index in [1.165, 1.54) is 0 Å². The van der Waals surface area contributed by atoms with Gasteiger partial charge in [-0.05, 0) is 20.8 Å². The quantitative estimate of drug-likeness (QED) is 0.603. The zero-order valence-corrected chi connectivity index (χ0v) is 7.47. The summed E-state index contributed by atoms with van der Waals surface area (Å²) in [5.41, 5.74) is -0.381. The molecule has 1 aliphatic rings. The van der Waals surface area contributed by atoms with Gasteiger partial charge in [0.2, 0.25) is 5.91 Å². The van der Waals surface area contributed by atoms with Crippen LogP contribution in [0.3, 0.4) is 0 Å². The molecule has 0 aromatic rings. The summed E-state index contributed by atoms with van der Waals surface area (Å²) in [6, 6.07) is 0.127. The topological polar surface area (TPSA) is 38.3 Å². The number of ether oxygens (including phenoxy) is 1. The van der Waals surface area contributed by atoms with Crippen LogP contribution in [0, 0.1) is 5.41 Å². The first kappa shape index (κ1) is 8.53. The first-order chi connectivity index (χ1) is 5.00. The van der Waals surface area contributed by atoms with Crippen LogP contribution in [0.2, 0.25) is 0 Å². The fourth-order valence-electron chi connectivity index (χ4n) is 1.72. The van der Waals surface area contributed by atoms with Crippen LogP contribution in [0.5, 0.6) is 0 Å². The van der Waals surface area contributed by atoms with E-state index in [0.717, 1.165) is 0 Å². The SMILES string of the molecule is COC1C(C)NC(=O)C1(C)C. The molecular formula is C8H15NO2. The largest absolute Gasteiger partial charge is 0.378 e. The van der Waals surface area contributed by atoms with Crippen molar-refractivity contribution in [2.45, 2.75) is 32.9 Å². The molecule has 0 aliphatic carbocycles. The summed E-state index contributed by atoms with van der Waals surface area (Å²) in [4.78, 5) is 11.3. The summed E-state index contributed by atoms with van der Waals surface area (Å²) in [5.74, 6) is 0.0804. The molecule has 3 heteroatoms. The third-order valence-corrected chi connectivity index (χ3v) is 2.36. The van der Waals surface area contributed by atoms with Crippen molar-refractivity contribution in [2.75, 3.05) is 7.11 Å². The van der Waals surface area contributed by atoms with Crippen LogP contribution in [-0.4, -0.2) is 25.2 Å². The van der Waals surface area contributed by atoms with Gasteiger partial charge in [-0.1, -0.05) is 0 Å². The highest BCUT2D eigenvalue weighted by atomic mass is 16.5. The van der Waals surface area contributed by atoms with Gasteiger partial charge in [0.15, 0.2) is 0 Å². The minimum atomic E-state index is -0.381. The second-order valence-corrected chi connectivity index (χ2v) is 3.64. The van der Waals surface area contributed by atoms with Gasteiger partial charge in [-0.15, -0.1) is 0 Å². The molecule has 1 amide bonds. The van der Waals surface area contributed by atoms with E-state index in [-0.39, 0.29) is 23.5 Å². The minimum Gasteiger partial charge on any atom is -0.378 e. The van der Waals surface area contributed by atoms with Crippen LogP contribution in [-0.2, 0) is 9.53 Å². The third kappa shape index (κ3) is 1.13. The van der Waals surface area contributed by atoms with E-state index in [0.29, 0.717) is 0 Å². The fourth-order valence-corrected chi connectivity index (χ4v) is 1.72. The Balaban J connectivity index is 2.84. The first-order valence-corrected chi connectivity index (χ1v) is 3.84. The van der Waals surface area contributed by atoms with Crippen molar-refractivity contribution < 1.29 is 9.53 Å². The molecule has 0 aromatic heterocycles. The molecule has 1 fully saturated rings. The average molecular weight is 157 g/mol. The molecule has 11 heavy (non-hydrogen) atoms. The number of methoxy groups -OCH3 is 1. The van der Waals surface area contributed by atoms with E-state index in [9.17, 15) is 4.79 Å². The van der Waals surface area contributed by atoms with E-state index in [1.807, 2.05) is 20.8 Å². The summed E-state index contributed by atoms with van der Waals surface area (Å²) in [7, 11) is 1.64. The van der Waals surface area contributed by atoms with E-state index >= 15 is 0 Å². The number of nitrogens with one attached hydrogen (secondary N) is 1. The highest BCUT2D eigenvalue weighted by Gasteiger charge is 2.46. The number of hydrogen-bond acceptors (Lipinski definition) is 2. The Morgan fingerprint density at radius 2 is 2.09 bits per heavy atom. The molecule has 3 nitrogen and oxygen atoms in total. The van der Waals surface area contributed by atoms with Crippen molar-refractivity contribution in [1.82, 2.24) is 5.32 Å². The molecule has 0 spiro atoms. The average Bonchev–Trinajstić information content (AvgIpc) is 2.04. The molecule has 2 unspecified atom stereocenters. The van der Waals surface area contributed by atoms with Gasteiger partial charge in [0.1, 0.15) is 0 Å². The summed E-state index contributed by atoms with van der Waals surface area (Å²) in [6.07, 6.45) is -0.00463. The minimum absolute atomic E-state index is 0.00463. The number of carbonyl (C=O) groups is 1. The van der Waals surface area contributed by atoms with Gasteiger partial charge >= 0.3 is 0 Å². The lowest BCUT2D eigenvalue weighted by Gasteiger charge is -2.23. The van der Waals surface area contributed by atoms with Crippen molar-refractivity contribution in [3.8, 4) is 0 Å². The van der Waals surface area contributed by atoms with E-state index in [2.05, 4.69) is 5.32 Å². The van der Waals surface area contributed by atoms with E-state index in [1.54, 1.807) is 7.11 Å². The Bertz CT molecular complexity index is 177. The van der Waals surface area contributed by atoms with E-state index in [4.69, 9.17) is 4.74 Å². The normalized spacial score (nSPS) is 35.5. The fraction of sp³-hybridized carbons (Fsp3) is 0.875. The summed E-state index contributed by atoms with van der Waals surface area (Å²) >= 11 is 0. The Hall–Kier alpha value is -0.570. The molecule has 0 bridgehead atoms. The number of carbonyl (C=O) groups excluding carboxylic acids is 1. The maximum Gasteiger partial charge on any atom is 0.228 e. The molecule has 1 N–H and O–H groups in total. The van der Waals surface area contributed by atoms with Crippen LogP contribution < -0.4 is 5.32 Å². The lowest BCUT2D eigenvalue weighted by Crippen LogP contribution is -2.34. The number of hydrogen-bond donors (Lipinski definition) is 1. The molecular weight excluding hydrogens is 142 g/mol. The van der Waals surface area contributed by atoms with Gasteiger partial charge in [0.05, 0.1) is 17.6 Å². The van der Waals surface area contributed by atoms with Crippen molar-refractivity contribution in [2.24, 2.45) is 5.41 Å². The van der Waals surface area contributed by atoms with Crippen LogP contribution in [0.15, 0.2) is 0 Å². The Morgan fingerprint density at radius 3 is 2.27 bits per heavy atom. The van der Waals surface area contributed by atoms with Gasteiger partial charge in [0.25, 0.3) is 0 Å². The zero-order chi connectivity index (χ0) is 8.65. The van der Waals surface area contributed by atoms with E-state index < -0.39 is 0 Å². The molecule has 1 saturated heterocycles. The van der Waals surface area contributed by atoms with Gasteiger partial charge in [-0.3, -0.25) is 4.79 Å². The summed E-state index contributed by atoms with van der Waals surface area (Å²) < 4.78 is 5.23. The van der Waals surface area contributed by atoms with Gasteiger partial charge < -0.3 is 10.1 Å². The van der Waals surface area contributed by atoms with Crippen LogP contribution in [0.4, 0.5) is 0 Å². The molecule has 1 heterocycles. The summed E-state index contributed by atoms with van der Waals surface area (Å²) in [6.45, 7) is 5.76. The maximum atomic E-state index is 11.3. The molecule has 1 aliphatic heterocycles. The van der Waals surface area contributed by atoms with Crippen molar-refractivity contribution in [3.63, 3.8) is 0 Å². The predicted molar refractivity (Wildman–Crippen MR) is 42.2 cm³/mol. The summed E-state index contributed by atoms with van der Waals surface area (Å²) in [5, 5.41) is 2.84. The van der Waals surface area contributed by atoms with Crippen molar-refractivity contribution in [1.29, 1.82) is 0 Å². The van der Waals surface area contributed by atoms with Crippen molar-refractivity contribution in [3.05, 3.63) is 0 Å². The second-order valence-electron chi connectivity index (χ2n) is 3.64. The van der Waals surface area contributed by atoms with Crippen LogP contribution >= 0.6 is 0 Å². The molecule has 64 valence electrons. The highest BCUT2D eigenvalue weighted by molar-refractivity contribution is 5.85. The van der Waals surface area contributed by atoms with Crippen molar-refractivity contribution >= 4 is 5.91 Å². The Labute approximate surface area is 67.1 Å². The second kappa shape index (κ2) is 2.48. The number of rotatable bonds is 1. The highest BCUT2D eigenvalue weighted by Crippen LogP contribution is 2.31. The Morgan fingerprint density at radius 1 is 1.55 bits per heavy atom. The molecule has 0 aromatic carbocycles. The molecule has 0 radical (unpaired) electrons. The smallest absolute Gasteiger partial charge is 0.228 e. The van der Waals surface area contributed by atoms with Crippen LogP contribution in [0.25, 0.3) is 0 Å². The standard InChI is InChI=1S/C8H15NO2/c1-5-6(11-4)8(2,3)7(10)9-5/h5-6H,1-4H3,(H,9,10). The Kier molecular flexibility index (Phi) is 1.92. The third-order valence-electron chi connectivity index (χ3n) is 2.36. The molecule has 1 rings (SSSR count). The van der Waals surface area contributed by atoms with Crippen LogP contribution in [0.1, 0.15) is 20.8 Å². The first-order valence-electron chi connectivity index (χ1n) is 3.84. The monoisotopic (exact) mass is 157 g/mol. The van der Waals surface area contributed by atoms with Gasteiger partial charge in [0, 0.05) is 7.11 Å². The zero-order valence-electron chi connectivity index (χ0n) is 7.47. The molecule has 2 atom stereocenters. The van der Waals surface area contributed by atoms with Gasteiger partial charge in [-0.25, -0.2) is 0 Å². The number of amides is 1. The lowest BCUT2D eigenvalue weighted by molar-refractivity contribution is -0.129. The maximum absolute atomic E-state index is 11.3. The predicted octanol–water partition coefficient (Wildman–Crippen LogP) is 0.546.